The monoisotopic (exact) mass is 325 g/mol. The molecule has 2 aliphatic rings. The van der Waals surface area contributed by atoms with Crippen LogP contribution in [0, 0.1) is 5.92 Å². The fourth-order valence-corrected chi connectivity index (χ4v) is 3.29. The number of hydrogen-bond donors (Lipinski definition) is 1. The number of ether oxygens (including phenoxy) is 1. The number of aromatic nitrogens is 3. The summed E-state index contributed by atoms with van der Waals surface area (Å²) in [6.07, 6.45) is 5.82. The molecule has 0 atom stereocenters. The summed E-state index contributed by atoms with van der Waals surface area (Å²) >= 11 is 0. The average Bonchev–Trinajstić information content (AvgIpc) is 2.62. The van der Waals surface area contributed by atoms with E-state index in [9.17, 15) is 0 Å². The van der Waals surface area contributed by atoms with Gasteiger partial charge in [-0.1, -0.05) is 0 Å². The molecule has 0 aliphatic carbocycles. The second-order valence-electron chi connectivity index (χ2n) is 6.58. The van der Waals surface area contributed by atoms with Gasteiger partial charge in [-0.25, -0.2) is 0 Å². The molecule has 0 unspecified atom stereocenters. The summed E-state index contributed by atoms with van der Waals surface area (Å²) in [5.41, 5.74) is 1.94. The minimum Gasteiger partial charge on any atom is -0.381 e. The molecule has 6 nitrogen and oxygen atoms in total. The lowest BCUT2D eigenvalue weighted by Gasteiger charge is -2.40. The molecule has 4 heterocycles. The smallest absolute Gasteiger partial charge is 0.151 e. The summed E-state index contributed by atoms with van der Waals surface area (Å²) in [7, 11) is 0. The van der Waals surface area contributed by atoms with Crippen molar-refractivity contribution in [3.8, 4) is 11.3 Å². The molecule has 24 heavy (non-hydrogen) atoms. The summed E-state index contributed by atoms with van der Waals surface area (Å²) in [5, 5.41) is 12.4. The van der Waals surface area contributed by atoms with Crippen LogP contribution < -0.4 is 10.2 Å². The largest absolute Gasteiger partial charge is 0.381 e. The van der Waals surface area contributed by atoms with Gasteiger partial charge in [-0.05, 0) is 37.1 Å². The third-order valence-corrected chi connectivity index (χ3v) is 4.82. The van der Waals surface area contributed by atoms with E-state index in [1.165, 1.54) is 0 Å². The molecule has 0 spiro atoms. The minimum atomic E-state index is 0.632. The Morgan fingerprint density at radius 3 is 2.54 bits per heavy atom. The highest BCUT2D eigenvalue weighted by molar-refractivity contribution is 5.59. The van der Waals surface area contributed by atoms with Crippen molar-refractivity contribution in [2.75, 3.05) is 37.7 Å². The lowest BCUT2D eigenvalue weighted by molar-refractivity contribution is 0.0765. The maximum absolute atomic E-state index is 5.40. The van der Waals surface area contributed by atoms with Crippen molar-refractivity contribution >= 4 is 5.82 Å². The lowest BCUT2D eigenvalue weighted by atomic mass is 9.99. The van der Waals surface area contributed by atoms with Crippen LogP contribution in [0.3, 0.4) is 0 Å². The molecule has 2 aliphatic heterocycles. The van der Waals surface area contributed by atoms with Gasteiger partial charge in [0.25, 0.3) is 0 Å². The Labute approximate surface area is 142 Å². The maximum atomic E-state index is 5.40. The Kier molecular flexibility index (Phi) is 4.66. The molecular weight excluding hydrogens is 302 g/mol. The summed E-state index contributed by atoms with van der Waals surface area (Å²) < 4.78 is 5.40. The van der Waals surface area contributed by atoms with Gasteiger partial charge in [0.05, 0.1) is 5.69 Å². The van der Waals surface area contributed by atoms with Gasteiger partial charge in [0.1, 0.15) is 0 Å². The van der Waals surface area contributed by atoms with Crippen molar-refractivity contribution < 1.29 is 4.74 Å². The van der Waals surface area contributed by atoms with E-state index in [0.29, 0.717) is 12.0 Å². The van der Waals surface area contributed by atoms with E-state index in [4.69, 9.17) is 4.74 Å². The average molecular weight is 325 g/mol. The summed E-state index contributed by atoms with van der Waals surface area (Å²) in [4.78, 5) is 6.32. The minimum absolute atomic E-state index is 0.632. The standard InChI is InChI=1S/C18H23N5O/c1-2-18(22-21-17(1)15-3-7-19-8-4-15)23-12-14(13-23)11-20-16-5-9-24-10-6-16/h1-4,7-8,14,16,20H,5-6,9-13H2. The second kappa shape index (κ2) is 7.23. The van der Waals surface area contributed by atoms with E-state index < -0.39 is 0 Å². The van der Waals surface area contributed by atoms with Crippen LogP contribution in [-0.4, -0.2) is 54.1 Å². The van der Waals surface area contributed by atoms with Crippen LogP contribution >= 0.6 is 0 Å². The molecule has 1 N–H and O–H groups in total. The first kappa shape index (κ1) is 15.5. The summed E-state index contributed by atoms with van der Waals surface area (Å²) in [6, 6.07) is 8.62. The molecule has 2 aromatic rings. The van der Waals surface area contributed by atoms with E-state index in [-0.39, 0.29) is 0 Å². The molecule has 126 valence electrons. The Hall–Kier alpha value is -2.05. The van der Waals surface area contributed by atoms with Crippen molar-refractivity contribution in [3.05, 3.63) is 36.7 Å². The zero-order chi connectivity index (χ0) is 16.2. The van der Waals surface area contributed by atoms with Crippen molar-refractivity contribution in [3.63, 3.8) is 0 Å². The highest BCUT2D eigenvalue weighted by atomic mass is 16.5. The molecule has 2 fully saturated rings. The van der Waals surface area contributed by atoms with Gasteiger partial charge >= 0.3 is 0 Å². The number of pyridine rings is 1. The molecule has 0 amide bonds. The van der Waals surface area contributed by atoms with Gasteiger partial charge in [0.2, 0.25) is 0 Å². The van der Waals surface area contributed by atoms with Gasteiger partial charge < -0.3 is 15.0 Å². The maximum Gasteiger partial charge on any atom is 0.151 e. The highest BCUT2D eigenvalue weighted by Gasteiger charge is 2.28. The van der Waals surface area contributed by atoms with Crippen LogP contribution in [0.2, 0.25) is 0 Å². The summed E-state index contributed by atoms with van der Waals surface area (Å²) in [5.74, 6) is 1.67. The normalized spacial score (nSPS) is 19.2. The second-order valence-corrected chi connectivity index (χ2v) is 6.58. The van der Waals surface area contributed by atoms with Gasteiger partial charge in [0.15, 0.2) is 5.82 Å². The molecule has 6 heteroatoms. The van der Waals surface area contributed by atoms with Crippen molar-refractivity contribution in [2.24, 2.45) is 5.92 Å². The van der Waals surface area contributed by atoms with Gasteiger partial charge in [-0.15, -0.1) is 10.2 Å². The molecule has 0 bridgehead atoms. The number of hydrogen-bond acceptors (Lipinski definition) is 6. The highest BCUT2D eigenvalue weighted by Crippen LogP contribution is 2.24. The first-order valence-electron chi connectivity index (χ1n) is 8.69. The first-order chi connectivity index (χ1) is 11.9. The van der Waals surface area contributed by atoms with E-state index in [2.05, 4.69) is 31.5 Å². The van der Waals surface area contributed by atoms with Crippen LogP contribution in [-0.2, 0) is 4.74 Å². The van der Waals surface area contributed by atoms with Crippen molar-refractivity contribution in [1.29, 1.82) is 0 Å². The Balaban J connectivity index is 1.26. The Morgan fingerprint density at radius 2 is 1.83 bits per heavy atom. The number of nitrogens with zero attached hydrogens (tertiary/aromatic N) is 4. The lowest BCUT2D eigenvalue weighted by Crippen LogP contribution is -2.52. The predicted octanol–water partition coefficient (Wildman–Crippen LogP) is 1.74. The zero-order valence-corrected chi connectivity index (χ0v) is 13.8. The Morgan fingerprint density at radius 1 is 1.04 bits per heavy atom. The van der Waals surface area contributed by atoms with Gasteiger partial charge in [-0.2, -0.15) is 0 Å². The zero-order valence-electron chi connectivity index (χ0n) is 13.8. The molecule has 0 saturated carbocycles. The SMILES string of the molecule is c1cc(-c2ccc(N3CC(CNC4CCOCC4)C3)nn2)ccn1. The first-order valence-corrected chi connectivity index (χ1v) is 8.69. The quantitative estimate of drug-likeness (QED) is 0.903. The topological polar surface area (TPSA) is 63.2 Å². The number of anilines is 1. The van der Waals surface area contributed by atoms with Crippen LogP contribution in [0.1, 0.15) is 12.8 Å². The fourth-order valence-electron chi connectivity index (χ4n) is 3.29. The van der Waals surface area contributed by atoms with Crippen LogP contribution in [0.25, 0.3) is 11.3 Å². The third-order valence-electron chi connectivity index (χ3n) is 4.82. The summed E-state index contributed by atoms with van der Waals surface area (Å²) in [6.45, 7) is 4.99. The van der Waals surface area contributed by atoms with Crippen molar-refractivity contribution in [2.45, 2.75) is 18.9 Å². The predicted molar refractivity (Wildman–Crippen MR) is 92.8 cm³/mol. The molecule has 0 radical (unpaired) electrons. The van der Waals surface area contributed by atoms with E-state index >= 15 is 0 Å². The van der Waals surface area contributed by atoms with Crippen LogP contribution in [0.5, 0.6) is 0 Å². The van der Waals surface area contributed by atoms with Crippen LogP contribution in [0.4, 0.5) is 5.82 Å². The number of rotatable bonds is 5. The fraction of sp³-hybridized carbons (Fsp3) is 0.500. The molecule has 2 saturated heterocycles. The van der Waals surface area contributed by atoms with Crippen molar-refractivity contribution in [1.82, 2.24) is 20.5 Å². The molecule has 4 rings (SSSR count). The van der Waals surface area contributed by atoms with Crippen LogP contribution in [0.15, 0.2) is 36.7 Å². The van der Waals surface area contributed by atoms with Gasteiger partial charge in [0, 0.05) is 62.8 Å². The third kappa shape index (κ3) is 3.55. The van der Waals surface area contributed by atoms with Gasteiger partial charge in [-0.3, -0.25) is 4.98 Å². The molecular formula is C18H23N5O. The molecule has 0 aromatic carbocycles. The van der Waals surface area contributed by atoms with E-state index in [1.54, 1.807) is 12.4 Å². The van der Waals surface area contributed by atoms with E-state index in [1.807, 2.05) is 18.2 Å². The van der Waals surface area contributed by atoms with E-state index in [0.717, 1.165) is 62.8 Å². The Bertz CT molecular complexity index is 636. The molecule has 2 aromatic heterocycles. The number of nitrogens with one attached hydrogen (secondary N) is 1.